The molecule has 2 aromatic heterocycles. The summed E-state index contributed by atoms with van der Waals surface area (Å²) in [6.07, 6.45) is 12.4. The average molecular weight is 396 g/mol. The molecule has 0 saturated carbocycles. The van der Waals surface area contributed by atoms with Crippen LogP contribution >= 0.6 is 0 Å². The van der Waals surface area contributed by atoms with Crippen molar-refractivity contribution in [2.45, 2.75) is 77.4 Å². The Morgan fingerprint density at radius 2 is 2.07 bits per heavy atom. The Labute approximate surface area is 173 Å². The van der Waals surface area contributed by atoms with Gasteiger partial charge in [0.05, 0.1) is 0 Å². The van der Waals surface area contributed by atoms with Gasteiger partial charge in [0.25, 0.3) is 5.91 Å². The first-order valence-corrected chi connectivity index (χ1v) is 11.3. The Bertz CT molecular complexity index is 808. The fourth-order valence-corrected chi connectivity index (χ4v) is 4.62. The van der Waals surface area contributed by atoms with E-state index >= 15 is 0 Å². The fourth-order valence-electron chi connectivity index (χ4n) is 4.62. The van der Waals surface area contributed by atoms with E-state index in [1.165, 1.54) is 29.7 Å². The van der Waals surface area contributed by atoms with E-state index in [4.69, 9.17) is 5.10 Å². The lowest BCUT2D eigenvalue weighted by Crippen LogP contribution is -2.36. The molecule has 4 rings (SSSR count). The lowest BCUT2D eigenvalue weighted by molar-refractivity contribution is 0.0753. The zero-order valence-electron chi connectivity index (χ0n) is 17.6. The summed E-state index contributed by atoms with van der Waals surface area (Å²) < 4.78 is 2.11. The van der Waals surface area contributed by atoms with Crippen LogP contribution < -0.4 is 5.32 Å². The fraction of sp³-hybridized carbons (Fsp3) is 0.609. The van der Waals surface area contributed by atoms with Crippen LogP contribution in [0.3, 0.4) is 0 Å². The van der Waals surface area contributed by atoms with E-state index in [1.807, 2.05) is 17.2 Å². The van der Waals surface area contributed by atoms with Crippen molar-refractivity contribution in [1.29, 1.82) is 0 Å². The average Bonchev–Trinajstić information content (AvgIpc) is 2.92. The number of aromatic nitrogens is 3. The van der Waals surface area contributed by atoms with Gasteiger partial charge in [-0.3, -0.25) is 14.5 Å². The van der Waals surface area contributed by atoms with Gasteiger partial charge in [0.15, 0.2) is 5.69 Å². The summed E-state index contributed by atoms with van der Waals surface area (Å²) in [4.78, 5) is 19.6. The highest BCUT2D eigenvalue weighted by Gasteiger charge is 2.31. The maximum Gasteiger partial charge on any atom is 0.274 e. The van der Waals surface area contributed by atoms with Gasteiger partial charge in [-0.05, 0) is 50.2 Å². The van der Waals surface area contributed by atoms with Crippen molar-refractivity contribution in [3.05, 3.63) is 47.0 Å². The number of fused-ring (bicyclic) bond motifs is 1. The van der Waals surface area contributed by atoms with Crippen molar-refractivity contribution in [2.24, 2.45) is 0 Å². The molecule has 1 N–H and O–H groups in total. The Hall–Kier alpha value is -2.21. The zero-order valence-corrected chi connectivity index (χ0v) is 17.6. The summed E-state index contributed by atoms with van der Waals surface area (Å²) in [5, 5.41) is 8.50. The summed E-state index contributed by atoms with van der Waals surface area (Å²) in [7, 11) is 0. The predicted molar refractivity (Wildman–Crippen MR) is 114 cm³/mol. The van der Waals surface area contributed by atoms with E-state index < -0.39 is 0 Å². The van der Waals surface area contributed by atoms with Gasteiger partial charge in [-0.2, -0.15) is 5.10 Å². The molecule has 2 aliphatic rings. The standard InChI is InChI=1S/C23H33N5O/c1-2-12-28-21-10-9-19(25-17-18-8-7-11-24-16-18)15-20(21)22(26-28)23(29)27-13-5-3-4-6-14-27/h7-8,11,16,19,25H,2-6,9-10,12-15,17H2,1H3/t19-/m0/s1. The van der Waals surface area contributed by atoms with E-state index in [2.05, 4.69) is 28.0 Å². The molecule has 1 saturated heterocycles. The highest BCUT2D eigenvalue weighted by molar-refractivity contribution is 5.94. The Morgan fingerprint density at radius 3 is 2.79 bits per heavy atom. The Kier molecular flexibility index (Phi) is 6.60. The van der Waals surface area contributed by atoms with Crippen molar-refractivity contribution >= 4 is 5.91 Å². The number of hydrogen-bond acceptors (Lipinski definition) is 4. The van der Waals surface area contributed by atoms with Gasteiger partial charge in [0.1, 0.15) is 0 Å². The van der Waals surface area contributed by atoms with Crippen molar-refractivity contribution in [3.63, 3.8) is 0 Å². The molecule has 2 aromatic rings. The van der Waals surface area contributed by atoms with Crippen LogP contribution in [-0.4, -0.2) is 44.7 Å². The van der Waals surface area contributed by atoms with E-state index in [0.29, 0.717) is 11.7 Å². The first-order chi connectivity index (χ1) is 14.3. The quantitative estimate of drug-likeness (QED) is 0.815. The molecule has 3 heterocycles. The molecule has 0 bridgehead atoms. The number of amides is 1. The molecule has 1 aliphatic heterocycles. The number of aryl methyl sites for hydroxylation is 1. The first-order valence-electron chi connectivity index (χ1n) is 11.3. The van der Waals surface area contributed by atoms with Gasteiger partial charge in [-0.15, -0.1) is 0 Å². The highest BCUT2D eigenvalue weighted by Crippen LogP contribution is 2.27. The van der Waals surface area contributed by atoms with Crippen molar-refractivity contribution in [2.75, 3.05) is 13.1 Å². The summed E-state index contributed by atoms with van der Waals surface area (Å²) in [6, 6.07) is 4.45. The van der Waals surface area contributed by atoms with E-state index in [9.17, 15) is 4.79 Å². The minimum atomic E-state index is 0.144. The zero-order chi connectivity index (χ0) is 20.1. The molecule has 1 amide bonds. The van der Waals surface area contributed by atoms with Crippen molar-refractivity contribution < 1.29 is 4.79 Å². The molecule has 1 atom stereocenters. The highest BCUT2D eigenvalue weighted by atomic mass is 16.2. The number of likely N-dealkylation sites (tertiary alicyclic amines) is 1. The maximum atomic E-state index is 13.3. The third-order valence-corrected chi connectivity index (χ3v) is 6.20. The molecular formula is C23H33N5O. The summed E-state index contributed by atoms with van der Waals surface area (Å²) >= 11 is 0. The molecule has 6 nitrogen and oxygen atoms in total. The summed E-state index contributed by atoms with van der Waals surface area (Å²) in [5.74, 6) is 0.144. The van der Waals surface area contributed by atoms with Crippen LogP contribution in [0, 0.1) is 0 Å². The number of pyridine rings is 1. The molecule has 6 heteroatoms. The number of nitrogens with zero attached hydrogens (tertiary/aromatic N) is 4. The van der Waals surface area contributed by atoms with Gasteiger partial charge in [-0.1, -0.05) is 25.8 Å². The molecule has 1 fully saturated rings. The normalized spacial score (nSPS) is 19.6. The molecular weight excluding hydrogens is 362 g/mol. The number of nitrogens with one attached hydrogen (secondary N) is 1. The molecule has 29 heavy (non-hydrogen) atoms. The van der Waals surface area contributed by atoms with E-state index in [-0.39, 0.29) is 5.91 Å². The maximum absolute atomic E-state index is 13.3. The lowest BCUT2D eigenvalue weighted by atomic mass is 9.91. The minimum Gasteiger partial charge on any atom is -0.337 e. The van der Waals surface area contributed by atoms with Crippen LogP contribution in [0.5, 0.6) is 0 Å². The third-order valence-electron chi connectivity index (χ3n) is 6.20. The van der Waals surface area contributed by atoms with Gasteiger partial charge >= 0.3 is 0 Å². The first kappa shape index (κ1) is 20.1. The van der Waals surface area contributed by atoms with Crippen LogP contribution in [0.4, 0.5) is 0 Å². The predicted octanol–water partition coefficient (Wildman–Crippen LogP) is 3.35. The van der Waals surface area contributed by atoms with Crippen molar-refractivity contribution in [3.8, 4) is 0 Å². The van der Waals surface area contributed by atoms with Crippen LogP contribution in [0.1, 0.15) is 72.8 Å². The van der Waals surface area contributed by atoms with Gasteiger partial charge < -0.3 is 10.2 Å². The smallest absolute Gasteiger partial charge is 0.274 e. The second-order valence-electron chi connectivity index (χ2n) is 8.39. The number of rotatable bonds is 6. The minimum absolute atomic E-state index is 0.144. The number of hydrogen-bond donors (Lipinski definition) is 1. The molecule has 0 radical (unpaired) electrons. The van der Waals surface area contributed by atoms with Crippen LogP contribution in [0.25, 0.3) is 0 Å². The van der Waals surface area contributed by atoms with Gasteiger partial charge in [-0.25, -0.2) is 0 Å². The summed E-state index contributed by atoms with van der Waals surface area (Å²) in [5.41, 5.74) is 4.37. The van der Waals surface area contributed by atoms with Crippen LogP contribution in [0.2, 0.25) is 0 Å². The SMILES string of the molecule is CCCn1nc(C(=O)N2CCCCCC2)c2c1CC[C@H](NCc1cccnc1)C2. The number of carbonyl (C=O) groups excluding carboxylic acids is 1. The Morgan fingerprint density at radius 1 is 1.24 bits per heavy atom. The third kappa shape index (κ3) is 4.69. The summed E-state index contributed by atoms with van der Waals surface area (Å²) in [6.45, 7) is 5.62. The molecule has 0 unspecified atom stereocenters. The lowest BCUT2D eigenvalue weighted by Gasteiger charge is -2.25. The monoisotopic (exact) mass is 395 g/mol. The Balaban J connectivity index is 1.52. The van der Waals surface area contributed by atoms with Gasteiger partial charge in [0, 0.05) is 55.9 Å². The molecule has 0 spiro atoms. The topological polar surface area (TPSA) is 63.1 Å². The molecule has 0 aromatic carbocycles. The van der Waals surface area contributed by atoms with Gasteiger partial charge in [0.2, 0.25) is 0 Å². The van der Waals surface area contributed by atoms with Crippen molar-refractivity contribution in [1.82, 2.24) is 25.0 Å². The molecule has 1 aliphatic carbocycles. The van der Waals surface area contributed by atoms with E-state index in [1.54, 1.807) is 6.20 Å². The van der Waals surface area contributed by atoms with Crippen LogP contribution in [0.15, 0.2) is 24.5 Å². The van der Waals surface area contributed by atoms with E-state index in [0.717, 1.165) is 64.7 Å². The number of carbonyl (C=O) groups is 1. The van der Waals surface area contributed by atoms with Crippen LogP contribution in [-0.2, 0) is 25.9 Å². The second kappa shape index (κ2) is 9.53. The molecule has 156 valence electrons. The second-order valence-corrected chi connectivity index (χ2v) is 8.39. The largest absolute Gasteiger partial charge is 0.337 e.